The highest BCUT2D eigenvalue weighted by atomic mass is 35.5. The molecule has 0 bridgehead atoms. The zero-order chi connectivity index (χ0) is 17.6. The van der Waals surface area contributed by atoms with Gasteiger partial charge in [-0.2, -0.15) is 9.61 Å². The van der Waals surface area contributed by atoms with E-state index in [0.717, 1.165) is 5.56 Å². The molecule has 3 heterocycles. The van der Waals surface area contributed by atoms with E-state index in [2.05, 4.69) is 15.0 Å². The Labute approximate surface area is 157 Å². The molecule has 1 saturated heterocycles. The van der Waals surface area contributed by atoms with Crippen LogP contribution in [-0.2, 0) is 4.79 Å². The molecule has 3 aromatic rings. The van der Waals surface area contributed by atoms with E-state index in [4.69, 9.17) is 23.2 Å². The molecule has 1 aliphatic heterocycles. The Morgan fingerprint density at radius 3 is 2.68 bits per heavy atom. The Balaban J connectivity index is 1.84. The van der Waals surface area contributed by atoms with Gasteiger partial charge in [-0.05, 0) is 17.7 Å². The van der Waals surface area contributed by atoms with E-state index < -0.39 is 0 Å². The normalized spacial score (nSPS) is 17.3. The molecule has 0 aliphatic carbocycles. The molecule has 1 aliphatic rings. The van der Waals surface area contributed by atoms with E-state index >= 15 is 0 Å². The second kappa shape index (κ2) is 6.57. The number of thiazole rings is 1. The largest absolute Gasteiger partial charge is 0.492 e. The van der Waals surface area contributed by atoms with Crippen molar-refractivity contribution in [3.05, 3.63) is 45.0 Å². The van der Waals surface area contributed by atoms with E-state index in [9.17, 15) is 9.90 Å². The monoisotopic (exact) mass is 396 g/mol. The molecule has 0 radical (unpaired) electrons. The smallest absolute Gasteiger partial charge is 0.230 e. The number of nitrogens with zero attached hydrogens (tertiary/aromatic N) is 4. The minimum Gasteiger partial charge on any atom is -0.492 e. The summed E-state index contributed by atoms with van der Waals surface area (Å²) in [6.07, 6.45) is 2.38. The minimum atomic E-state index is -0.286. The maximum atomic E-state index is 11.6. The maximum absolute atomic E-state index is 11.6. The number of hydrogen-bond acceptors (Lipinski definition) is 6. The van der Waals surface area contributed by atoms with Gasteiger partial charge in [0.05, 0.1) is 10.9 Å². The number of aromatic hydroxyl groups is 1. The molecule has 0 spiro atoms. The van der Waals surface area contributed by atoms with Gasteiger partial charge in [-0.1, -0.05) is 40.6 Å². The van der Waals surface area contributed by atoms with Crippen LogP contribution in [0.25, 0.3) is 4.96 Å². The SMILES string of the molecule is O=C1CCN(C(c2ccc(Cl)cc2Cl)c2sc3ncnn3c2O)CC1. The van der Waals surface area contributed by atoms with Crippen molar-refractivity contribution in [2.24, 2.45) is 0 Å². The van der Waals surface area contributed by atoms with Crippen molar-refractivity contribution in [1.82, 2.24) is 19.5 Å². The van der Waals surface area contributed by atoms with Crippen LogP contribution in [-0.4, -0.2) is 43.5 Å². The summed E-state index contributed by atoms with van der Waals surface area (Å²) in [5.41, 5.74) is 0.834. The number of aromatic nitrogens is 3. The van der Waals surface area contributed by atoms with Crippen LogP contribution in [0.1, 0.15) is 29.3 Å². The van der Waals surface area contributed by atoms with Gasteiger partial charge in [-0.25, -0.2) is 4.98 Å². The van der Waals surface area contributed by atoms with Gasteiger partial charge in [0.25, 0.3) is 0 Å². The predicted molar refractivity (Wildman–Crippen MR) is 96.6 cm³/mol. The van der Waals surface area contributed by atoms with Gasteiger partial charge in [0.1, 0.15) is 12.1 Å². The lowest BCUT2D eigenvalue weighted by Crippen LogP contribution is -2.37. The molecule has 130 valence electrons. The summed E-state index contributed by atoms with van der Waals surface area (Å²) in [5, 5.41) is 15.8. The highest BCUT2D eigenvalue weighted by molar-refractivity contribution is 7.17. The summed E-state index contributed by atoms with van der Waals surface area (Å²) in [6.45, 7) is 1.21. The third kappa shape index (κ3) is 3.01. The van der Waals surface area contributed by atoms with Gasteiger partial charge in [0.15, 0.2) is 0 Å². The van der Waals surface area contributed by atoms with Crippen LogP contribution in [0, 0.1) is 0 Å². The zero-order valence-corrected chi connectivity index (χ0v) is 15.4. The van der Waals surface area contributed by atoms with Crippen molar-refractivity contribution in [3.8, 4) is 5.88 Å². The Hall–Kier alpha value is -1.67. The van der Waals surface area contributed by atoms with Gasteiger partial charge in [-0.15, -0.1) is 0 Å². The number of likely N-dealkylation sites (tertiary alicyclic amines) is 1. The third-order valence-electron chi connectivity index (χ3n) is 4.37. The molecule has 1 fully saturated rings. The van der Waals surface area contributed by atoms with Gasteiger partial charge in [-0.3, -0.25) is 9.69 Å². The van der Waals surface area contributed by atoms with Crippen LogP contribution < -0.4 is 0 Å². The Kier molecular flexibility index (Phi) is 4.41. The lowest BCUT2D eigenvalue weighted by atomic mass is 10.00. The average Bonchev–Trinajstić information content (AvgIpc) is 3.15. The van der Waals surface area contributed by atoms with E-state index in [1.165, 1.54) is 22.2 Å². The Morgan fingerprint density at radius 2 is 2.00 bits per heavy atom. The first-order chi connectivity index (χ1) is 12.0. The summed E-state index contributed by atoms with van der Waals surface area (Å²) in [4.78, 5) is 19.3. The second-order valence-corrected chi connectivity index (χ2v) is 7.74. The number of rotatable bonds is 3. The van der Waals surface area contributed by atoms with Crippen molar-refractivity contribution in [2.75, 3.05) is 13.1 Å². The summed E-state index contributed by atoms with van der Waals surface area (Å²) in [5.74, 6) is 0.300. The minimum absolute atomic E-state index is 0.0467. The molecule has 1 unspecified atom stereocenters. The fourth-order valence-corrected chi connectivity index (χ4v) is 4.72. The third-order valence-corrected chi connectivity index (χ3v) is 6.01. The first-order valence-electron chi connectivity index (χ1n) is 7.76. The number of piperidine rings is 1. The summed E-state index contributed by atoms with van der Waals surface area (Å²) >= 11 is 13.9. The molecule has 25 heavy (non-hydrogen) atoms. The van der Waals surface area contributed by atoms with Crippen LogP contribution in [0.4, 0.5) is 0 Å². The highest BCUT2D eigenvalue weighted by Gasteiger charge is 2.32. The molecule has 0 saturated carbocycles. The molecule has 6 nitrogen and oxygen atoms in total. The number of fused-ring (bicyclic) bond motifs is 1. The molecule has 1 N–H and O–H groups in total. The van der Waals surface area contributed by atoms with Crippen molar-refractivity contribution >= 4 is 45.3 Å². The number of carbonyl (C=O) groups is 1. The first-order valence-corrected chi connectivity index (χ1v) is 9.34. The fourth-order valence-electron chi connectivity index (χ4n) is 3.13. The number of hydrogen-bond donors (Lipinski definition) is 1. The molecular formula is C16H14Cl2N4O2S. The van der Waals surface area contributed by atoms with Gasteiger partial charge >= 0.3 is 0 Å². The number of ketones is 1. The first kappa shape index (κ1) is 16.8. The van der Waals surface area contributed by atoms with E-state index in [1.807, 2.05) is 6.07 Å². The van der Waals surface area contributed by atoms with Gasteiger partial charge < -0.3 is 5.11 Å². The Bertz CT molecular complexity index is 945. The molecular weight excluding hydrogens is 383 g/mol. The van der Waals surface area contributed by atoms with Crippen molar-refractivity contribution in [3.63, 3.8) is 0 Å². The maximum Gasteiger partial charge on any atom is 0.230 e. The summed E-state index contributed by atoms with van der Waals surface area (Å²) in [6, 6.07) is 5.04. The number of halogens is 2. The van der Waals surface area contributed by atoms with Crippen LogP contribution in [0.2, 0.25) is 10.0 Å². The molecule has 1 atom stereocenters. The summed E-state index contributed by atoms with van der Waals surface area (Å²) < 4.78 is 1.41. The molecule has 2 aromatic heterocycles. The van der Waals surface area contributed by atoms with Crippen LogP contribution in [0.15, 0.2) is 24.5 Å². The molecule has 0 amide bonds. The molecule has 1 aromatic carbocycles. The van der Waals surface area contributed by atoms with E-state index in [-0.39, 0.29) is 17.7 Å². The fraction of sp³-hybridized carbons (Fsp3) is 0.312. The van der Waals surface area contributed by atoms with E-state index in [0.29, 0.717) is 45.8 Å². The predicted octanol–water partition coefficient (Wildman–Crippen LogP) is 3.56. The van der Waals surface area contributed by atoms with Gasteiger partial charge in [0.2, 0.25) is 10.8 Å². The van der Waals surface area contributed by atoms with Crippen LogP contribution >= 0.6 is 34.5 Å². The molecule has 4 rings (SSSR count). The zero-order valence-electron chi connectivity index (χ0n) is 13.0. The summed E-state index contributed by atoms with van der Waals surface area (Å²) in [7, 11) is 0. The van der Waals surface area contributed by atoms with Crippen molar-refractivity contribution in [1.29, 1.82) is 0 Å². The average molecular weight is 397 g/mol. The number of benzene rings is 1. The topological polar surface area (TPSA) is 70.7 Å². The lowest BCUT2D eigenvalue weighted by molar-refractivity contribution is -0.121. The van der Waals surface area contributed by atoms with Crippen LogP contribution in [0.5, 0.6) is 5.88 Å². The number of carbonyl (C=O) groups excluding carboxylic acids is 1. The standard InChI is InChI=1S/C16H14Cl2N4O2S/c17-9-1-2-11(12(18)7-9)13(21-5-3-10(23)4-6-21)14-15(24)22-16(25-14)19-8-20-22/h1-2,7-8,13,24H,3-6H2. The van der Waals surface area contributed by atoms with Gasteiger partial charge in [0, 0.05) is 36.0 Å². The number of Topliss-reactive ketones (excluding diaryl/α,β-unsaturated/α-hetero) is 1. The van der Waals surface area contributed by atoms with E-state index in [1.54, 1.807) is 12.1 Å². The van der Waals surface area contributed by atoms with Crippen molar-refractivity contribution in [2.45, 2.75) is 18.9 Å². The van der Waals surface area contributed by atoms with Crippen molar-refractivity contribution < 1.29 is 9.90 Å². The van der Waals surface area contributed by atoms with Crippen LogP contribution in [0.3, 0.4) is 0 Å². The second-order valence-electron chi connectivity index (χ2n) is 5.89. The quantitative estimate of drug-likeness (QED) is 0.732. The highest BCUT2D eigenvalue weighted by Crippen LogP contribution is 2.42. The lowest BCUT2D eigenvalue weighted by Gasteiger charge is -2.34. The molecule has 9 heteroatoms. The Morgan fingerprint density at radius 1 is 1.24 bits per heavy atom.